The number of nitrogens with zero attached hydrogens (tertiary/aromatic N) is 2. The summed E-state index contributed by atoms with van der Waals surface area (Å²) in [4.78, 5) is 35.4. The standard InChI is InChI=1S/C15H25N5O3S/c1-3-8-20-14(23)18-19-15(20)24-9-12(21)17-13(22)16-11-7-5-4-6-10(11)2/h10-11H,3-9H2,1-2H3,(H,18,23)(H2,16,17,21,22)/t10-,11-/m1/s1. The first-order valence-electron chi connectivity index (χ1n) is 8.39. The highest BCUT2D eigenvalue weighted by Gasteiger charge is 2.23. The van der Waals surface area contributed by atoms with Gasteiger partial charge in [0.25, 0.3) is 0 Å². The molecule has 1 heterocycles. The predicted molar refractivity (Wildman–Crippen MR) is 92.0 cm³/mol. The molecule has 0 saturated heterocycles. The fourth-order valence-corrected chi connectivity index (χ4v) is 3.63. The highest BCUT2D eigenvalue weighted by atomic mass is 32.2. The Morgan fingerprint density at radius 3 is 2.83 bits per heavy atom. The fraction of sp³-hybridized carbons (Fsp3) is 0.733. The van der Waals surface area contributed by atoms with Crippen molar-refractivity contribution in [2.24, 2.45) is 5.92 Å². The zero-order chi connectivity index (χ0) is 17.5. The zero-order valence-electron chi connectivity index (χ0n) is 14.1. The van der Waals surface area contributed by atoms with Gasteiger partial charge in [-0.3, -0.25) is 14.7 Å². The predicted octanol–water partition coefficient (Wildman–Crippen LogP) is 1.48. The van der Waals surface area contributed by atoms with Gasteiger partial charge in [-0.1, -0.05) is 38.5 Å². The highest BCUT2D eigenvalue weighted by molar-refractivity contribution is 7.99. The molecule has 0 spiro atoms. The van der Waals surface area contributed by atoms with Crippen LogP contribution in [-0.4, -0.2) is 38.5 Å². The number of carbonyl (C=O) groups excluding carboxylic acids is 2. The molecule has 0 aromatic carbocycles. The van der Waals surface area contributed by atoms with Crippen LogP contribution in [0.3, 0.4) is 0 Å². The molecule has 3 N–H and O–H groups in total. The number of urea groups is 1. The maximum absolute atomic E-state index is 11.9. The van der Waals surface area contributed by atoms with Crippen LogP contribution < -0.4 is 16.3 Å². The highest BCUT2D eigenvalue weighted by Crippen LogP contribution is 2.23. The molecule has 3 amide bonds. The Bertz CT molecular complexity index is 627. The van der Waals surface area contributed by atoms with Crippen LogP contribution in [-0.2, 0) is 11.3 Å². The topological polar surface area (TPSA) is 109 Å². The van der Waals surface area contributed by atoms with Crippen molar-refractivity contribution < 1.29 is 9.59 Å². The Morgan fingerprint density at radius 2 is 2.12 bits per heavy atom. The quantitative estimate of drug-likeness (QED) is 0.670. The Balaban J connectivity index is 1.78. The number of nitrogens with one attached hydrogen (secondary N) is 3. The lowest BCUT2D eigenvalue weighted by atomic mass is 9.86. The van der Waals surface area contributed by atoms with Crippen molar-refractivity contribution in [3.05, 3.63) is 10.5 Å². The van der Waals surface area contributed by atoms with Crippen LogP contribution in [0.4, 0.5) is 4.79 Å². The summed E-state index contributed by atoms with van der Waals surface area (Å²) in [6.07, 6.45) is 5.14. The zero-order valence-corrected chi connectivity index (χ0v) is 14.9. The summed E-state index contributed by atoms with van der Waals surface area (Å²) < 4.78 is 1.49. The molecule has 8 nitrogen and oxygen atoms in total. The van der Waals surface area contributed by atoms with Gasteiger partial charge in [-0.15, -0.1) is 5.10 Å². The first-order valence-corrected chi connectivity index (χ1v) is 9.38. The molecular formula is C15H25N5O3S. The van der Waals surface area contributed by atoms with E-state index in [1.807, 2.05) is 6.92 Å². The van der Waals surface area contributed by atoms with Crippen molar-refractivity contribution in [1.82, 2.24) is 25.4 Å². The summed E-state index contributed by atoms with van der Waals surface area (Å²) in [5.74, 6) is 0.0581. The average molecular weight is 355 g/mol. The minimum atomic E-state index is -0.452. The van der Waals surface area contributed by atoms with Gasteiger partial charge in [-0.05, 0) is 25.2 Å². The summed E-state index contributed by atoms with van der Waals surface area (Å²) in [6.45, 7) is 4.61. The van der Waals surface area contributed by atoms with Crippen molar-refractivity contribution >= 4 is 23.7 Å². The van der Waals surface area contributed by atoms with E-state index < -0.39 is 11.9 Å². The maximum atomic E-state index is 11.9. The van der Waals surface area contributed by atoms with E-state index in [0.29, 0.717) is 17.6 Å². The van der Waals surface area contributed by atoms with Gasteiger partial charge in [-0.2, -0.15) is 0 Å². The number of H-pyrrole nitrogens is 1. The Morgan fingerprint density at radius 1 is 1.38 bits per heavy atom. The normalized spacial score (nSPS) is 20.6. The summed E-state index contributed by atoms with van der Waals surface area (Å²) in [5, 5.41) is 11.9. The van der Waals surface area contributed by atoms with Gasteiger partial charge in [0.15, 0.2) is 5.16 Å². The monoisotopic (exact) mass is 355 g/mol. The second-order valence-corrected chi connectivity index (χ2v) is 7.08. The molecule has 0 radical (unpaired) electrons. The third kappa shape index (κ3) is 5.12. The molecule has 24 heavy (non-hydrogen) atoms. The molecule has 0 bridgehead atoms. The maximum Gasteiger partial charge on any atom is 0.343 e. The van der Waals surface area contributed by atoms with Gasteiger partial charge < -0.3 is 5.32 Å². The number of hydrogen-bond donors (Lipinski definition) is 3. The molecule has 0 unspecified atom stereocenters. The average Bonchev–Trinajstić information content (AvgIpc) is 2.88. The first kappa shape index (κ1) is 18.6. The third-order valence-corrected chi connectivity index (χ3v) is 5.16. The lowest BCUT2D eigenvalue weighted by Gasteiger charge is -2.29. The van der Waals surface area contributed by atoms with Gasteiger partial charge in [0.2, 0.25) is 5.91 Å². The smallest absolute Gasteiger partial charge is 0.335 e. The number of rotatable bonds is 6. The number of thioether (sulfide) groups is 1. The second kappa shape index (κ2) is 8.91. The van der Waals surface area contributed by atoms with E-state index in [4.69, 9.17) is 0 Å². The molecular weight excluding hydrogens is 330 g/mol. The van der Waals surface area contributed by atoms with Gasteiger partial charge in [0, 0.05) is 12.6 Å². The number of aromatic amines is 1. The van der Waals surface area contributed by atoms with Crippen molar-refractivity contribution in [1.29, 1.82) is 0 Å². The van der Waals surface area contributed by atoms with E-state index in [1.54, 1.807) is 0 Å². The second-order valence-electron chi connectivity index (χ2n) is 6.14. The number of carbonyl (C=O) groups is 2. The molecule has 0 aliphatic heterocycles. The Labute approximate surface area is 145 Å². The summed E-state index contributed by atoms with van der Waals surface area (Å²) in [6, 6.07) is -0.326. The molecule has 1 aliphatic carbocycles. The fourth-order valence-electron chi connectivity index (χ4n) is 2.86. The van der Waals surface area contributed by atoms with Gasteiger partial charge in [0.1, 0.15) is 0 Å². The first-order chi connectivity index (χ1) is 11.5. The number of aromatic nitrogens is 3. The van der Waals surface area contributed by atoms with Gasteiger partial charge in [0.05, 0.1) is 5.75 Å². The Kier molecular flexibility index (Phi) is 6.89. The minimum absolute atomic E-state index is 0.0294. The van der Waals surface area contributed by atoms with E-state index in [0.717, 1.165) is 37.4 Å². The summed E-state index contributed by atoms with van der Waals surface area (Å²) in [7, 11) is 0. The molecule has 1 aromatic rings. The van der Waals surface area contributed by atoms with Crippen LogP contribution in [0.1, 0.15) is 46.0 Å². The van der Waals surface area contributed by atoms with E-state index in [-0.39, 0.29) is 17.5 Å². The third-order valence-electron chi connectivity index (χ3n) is 4.18. The number of imide groups is 1. The van der Waals surface area contributed by atoms with Crippen molar-refractivity contribution in [3.8, 4) is 0 Å². The molecule has 2 atom stereocenters. The minimum Gasteiger partial charge on any atom is -0.335 e. The summed E-state index contributed by atoms with van der Waals surface area (Å²) in [5.41, 5.74) is -0.288. The molecule has 1 saturated carbocycles. The van der Waals surface area contributed by atoms with Crippen LogP contribution in [0.25, 0.3) is 0 Å². The van der Waals surface area contributed by atoms with E-state index >= 15 is 0 Å². The van der Waals surface area contributed by atoms with E-state index in [9.17, 15) is 14.4 Å². The SMILES string of the molecule is CCCn1c(SCC(=O)NC(=O)N[C@@H]2CCCC[C@H]2C)n[nH]c1=O. The molecule has 1 aliphatic rings. The van der Waals surface area contributed by atoms with Crippen LogP contribution in [0.15, 0.2) is 9.95 Å². The molecule has 9 heteroatoms. The van der Waals surface area contributed by atoms with E-state index in [2.05, 4.69) is 27.8 Å². The van der Waals surface area contributed by atoms with Gasteiger partial charge >= 0.3 is 11.7 Å². The van der Waals surface area contributed by atoms with Gasteiger partial charge in [-0.25, -0.2) is 14.7 Å². The lowest BCUT2D eigenvalue weighted by molar-refractivity contribution is -0.117. The van der Waals surface area contributed by atoms with Crippen LogP contribution >= 0.6 is 11.8 Å². The largest absolute Gasteiger partial charge is 0.343 e. The van der Waals surface area contributed by atoms with Crippen LogP contribution in [0.2, 0.25) is 0 Å². The molecule has 2 rings (SSSR count). The Hall–Kier alpha value is -1.77. The van der Waals surface area contributed by atoms with Crippen molar-refractivity contribution in [2.75, 3.05) is 5.75 Å². The van der Waals surface area contributed by atoms with Crippen LogP contribution in [0.5, 0.6) is 0 Å². The number of hydrogen-bond acceptors (Lipinski definition) is 5. The van der Waals surface area contributed by atoms with Crippen LogP contribution in [0, 0.1) is 5.92 Å². The molecule has 134 valence electrons. The lowest BCUT2D eigenvalue weighted by Crippen LogP contribution is -2.48. The van der Waals surface area contributed by atoms with Crippen molar-refractivity contribution in [3.63, 3.8) is 0 Å². The molecule has 1 fully saturated rings. The van der Waals surface area contributed by atoms with E-state index in [1.165, 1.54) is 11.0 Å². The molecule has 1 aromatic heterocycles. The number of amides is 3. The summed E-state index contributed by atoms with van der Waals surface area (Å²) >= 11 is 1.13. The van der Waals surface area contributed by atoms with Crippen molar-refractivity contribution in [2.45, 2.75) is 63.7 Å².